The number of rotatable bonds is 7. The van der Waals surface area contributed by atoms with Gasteiger partial charge in [-0.3, -0.25) is 4.79 Å². The largest absolute Gasteiger partial charge is 0.497 e. The van der Waals surface area contributed by atoms with Crippen LogP contribution in [0.25, 0.3) is 11.0 Å². The lowest BCUT2D eigenvalue weighted by molar-refractivity contribution is -0.139. The maximum atomic E-state index is 10.9. The number of aromatic nitrogens is 2. The minimum Gasteiger partial charge on any atom is -0.497 e. The molecule has 0 aliphatic heterocycles. The number of benzene rings is 1. The van der Waals surface area contributed by atoms with E-state index in [0.29, 0.717) is 12.2 Å². The Bertz CT molecular complexity index is 600. The normalized spacial score (nSPS) is 12.5. The van der Waals surface area contributed by atoms with Gasteiger partial charge in [0.2, 0.25) is 0 Å². The van der Waals surface area contributed by atoms with Gasteiger partial charge in [0.05, 0.1) is 18.1 Å². The van der Waals surface area contributed by atoms with E-state index in [1.165, 1.54) is 11.8 Å². The summed E-state index contributed by atoms with van der Waals surface area (Å²) >= 11 is 1.51. The molecule has 2 rings (SSSR count). The first-order chi connectivity index (χ1) is 9.63. The molecule has 108 valence electrons. The van der Waals surface area contributed by atoms with Crippen LogP contribution in [0.4, 0.5) is 0 Å². The third-order valence-electron chi connectivity index (χ3n) is 2.96. The van der Waals surface area contributed by atoms with Gasteiger partial charge < -0.3 is 20.1 Å². The summed E-state index contributed by atoms with van der Waals surface area (Å²) < 4.78 is 5.16. The molecule has 1 aromatic heterocycles. The molecule has 6 nitrogen and oxygen atoms in total. The lowest BCUT2D eigenvalue weighted by atomic mass is 10.2. The average Bonchev–Trinajstić information content (AvgIpc) is 2.84. The molecule has 3 N–H and O–H groups in total. The van der Waals surface area contributed by atoms with Crippen molar-refractivity contribution in [1.29, 1.82) is 0 Å². The topological polar surface area (TPSA) is 87.2 Å². The van der Waals surface area contributed by atoms with Crippen molar-refractivity contribution in [3.05, 3.63) is 18.2 Å². The van der Waals surface area contributed by atoms with Crippen molar-refractivity contribution in [2.75, 3.05) is 19.9 Å². The predicted molar refractivity (Wildman–Crippen MR) is 78.5 cm³/mol. The fraction of sp³-hybridized carbons (Fsp3) is 0.385. The van der Waals surface area contributed by atoms with Crippen molar-refractivity contribution < 1.29 is 14.6 Å². The summed E-state index contributed by atoms with van der Waals surface area (Å²) in [4.78, 5) is 18.5. The molecule has 20 heavy (non-hydrogen) atoms. The number of thioether (sulfide) groups is 1. The summed E-state index contributed by atoms with van der Waals surface area (Å²) in [5.41, 5.74) is 1.78. The number of fused-ring (bicyclic) bond motifs is 1. The second-order valence-corrected chi connectivity index (χ2v) is 5.33. The number of carboxylic acids is 1. The van der Waals surface area contributed by atoms with Crippen molar-refractivity contribution in [1.82, 2.24) is 15.3 Å². The van der Waals surface area contributed by atoms with Crippen LogP contribution in [0.1, 0.15) is 6.42 Å². The van der Waals surface area contributed by atoms with E-state index in [2.05, 4.69) is 15.3 Å². The van der Waals surface area contributed by atoms with Crippen LogP contribution in [0, 0.1) is 0 Å². The number of nitrogens with one attached hydrogen (secondary N) is 2. The van der Waals surface area contributed by atoms with Gasteiger partial charge >= 0.3 is 5.97 Å². The number of hydrogen-bond donors (Lipinski definition) is 3. The minimum absolute atomic E-state index is 0.521. The Kier molecular flexibility index (Phi) is 4.86. The zero-order valence-electron chi connectivity index (χ0n) is 11.3. The molecule has 0 saturated heterocycles. The van der Waals surface area contributed by atoms with Crippen molar-refractivity contribution in [3.8, 4) is 5.75 Å². The van der Waals surface area contributed by atoms with E-state index in [1.54, 1.807) is 14.2 Å². The Morgan fingerprint density at radius 1 is 1.60 bits per heavy atom. The lowest BCUT2D eigenvalue weighted by Gasteiger charge is -2.09. The van der Waals surface area contributed by atoms with Crippen molar-refractivity contribution in [2.45, 2.75) is 17.6 Å². The Morgan fingerprint density at radius 2 is 2.40 bits per heavy atom. The quantitative estimate of drug-likeness (QED) is 0.674. The Balaban J connectivity index is 1.98. The number of nitrogens with zero attached hydrogens (tertiary/aromatic N) is 1. The Labute approximate surface area is 120 Å². The van der Waals surface area contributed by atoms with Crippen LogP contribution in [0.2, 0.25) is 0 Å². The van der Waals surface area contributed by atoms with Crippen molar-refractivity contribution in [3.63, 3.8) is 0 Å². The van der Waals surface area contributed by atoms with Crippen LogP contribution in [-0.2, 0) is 4.79 Å². The summed E-state index contributed by atoms with van der Waals surface area (Å²) in [6.45, 7) is 0. The van der Waals surface area contributed by atoms with E-state index in [1.807, 2.05) is 18.2 Å². The summed E-state index contributed by atoms with van der Waals surface area (Å²) in [6.07, 6.45) is 0.539. The van der Waals surface area contributed by atoms with E-state index in [9.17, 15) is 4.79 Å². The molecule has 0 bridgehead atoms. The molecule has 0 aliphatic carbocycles. The third kappa shape index (κ3) is 3.43. The second kappa shape index (κ2) is 6.62. The maximum absolute atomic E-state index is 10.9. The van der Waals surface area contributed by atoms with Gasteiger partial charge in [0, 0.05) is 11.8 Å². The number of methoxy groups -OCH3 is 1. The molecule has 1 heterocycles. The number of imidazole rings is 1. The molecule has 0 fully saturated rings. The lowest BCUT2D eigenvalue weighted by Crippen LogP contribution is -2.34. The molecule has 0 saturated carbocycles. The first kappa shape index (κ1) is 14.7. The number of H-pyrrole nitrogens is 1. The first-order valence-corrected chi connectivity index (χ1v) is 7.19. The number of carbonyl (C=O) groups is 1. The highest BCUT2D eigenvalue weighted by atomic mass is 32.2. The second-order valence-electron chi connectivity index (χ2n) is 4.24. The fourth-order valence-corrected chi connectivity index (χ4v) is 2.72. The van der Waals surface area contributed by atoms with Gasteiger partial charge in [-0.15, -0.1) is 0 Å². The van der Waals surface area contributed by atoms with E-state index in [4.69, 9.17) is 9.84 Å². The monoisotopic (exact) mass is 295 g/mol. The highest BCUT2D eigenvalue weighted by molar-refractivity contribution is 7.99. The smallest absolute Gasteiger partial charge is 0.320 e. The summed E-state index contributed by atoms with van der Waals surface area (Å²) in [5, 5.41) is 12.5. The van der Waals surface area contributed by atoms with E-state index >= 15 is 0 Å². The van der Waals surface area contributed by atoms with Crippen LogP contribution < -0.4 is 10.1 Å². The van der Waals surface area contributed by atoms with Crippen molar-refractivity contribution in [2.24, 2.45) is 0 Å². The maximum Gasteiger partial charge on any atom is 0.320 e. The predicted octanol–water partition coefficient (Wildman–Crippen LogP) is 1.73. The summed E-state index contributed by atoms with van der Waals surface area (Å²) in [5.74, 6) is 0.621. The summed E-state index contributed by atoms with van der Waals surface area (Å²) in [6, 6.07) is 5.12. The SMILES string of the molecule is CNC(CCSc1nc2ccc(OC)cc2[nH]1)C(=O)O. The van der Waals surface area contributed by atoms with Gasteiger partial charge in [0.1, 0.15) is 11.8 Å². The van der Waals surface area contributed by atoms with E-state index < -0.39 is 12.0 Å². The number of ether oxygens (including phenoxy) is 1. The first-order valence-electron chi connectivity index (χ1n) is 6.20. The highest BCUT2D eigenvalue weighted by Crippen LogP contribution is 2.23. The molecular formula is C13H17N3O3S. The number of hydrogen-bond acceptors (Lipinski definition) is 5. The summed E-state index contributed by atoms with van der Waals surface area (Å²) in [7, 11) is 3.27. The molecule has 2 aromatic rings. The van der Waals surface area contributed by atoms with Gasteiger partial charge in [-0.2, -0.15) is 0 Å². The molecule has 7 heteroatoms. The van der Waals surface area contributed by atoms with Crippen LogP contribution in [0.3, 0.4) is 0 Å². The van der Waals surface area contributed by atoms with Crippen LogP contribution in [0.5, 0.6) is 5.75 Å². The Morgan fingerprint density at radius 3 is 3.05 bits per heavy atom. The third-order valence-corrected chi connectivity index (χ3v) is 3.87. The van der Waals surface area contributed by atoms with E-state index in [0.717, 1.165) is 21.9 Å². The van der Waals surface area contributed by atoms with Crippen LogP contribution in [0.15, 0.2) is 23.4 Å². The zero-order valence-corrected chi connectivity index (χ0v) is 12.2. The highest BCUT2D eigenvalue weighted by Gasteiger charge is 2.14. The number of likely N-dealkylation sites (N-methyl/N-ethyl adjacent to an activating group) is 1. The molecule has 0 aliphatic rings. The molecular weight excluding hydrogens is 278 g/mol. The molecule has 1 atom stereocenters. The number of aromatic amines is 1. The molecule has 0 spiro atoms. The molecule has 1 aromatic carbocycles. The number of aliphatic carboxylic acids is 1. The van der Waals surface area contributed by atoms with Crippen LogP contribution in [-0.4, -0.2) is 47.0 Å². The van der Waals surface area contributed by atoms with Gasteiger partial charge in [-0.1, -0.05) is 11.8 Å². The average molecular weight is 295 g/mol. The van der Waals surface area contributed by atoms with Gasteiger partial charge in [0.15, 0.2) is 5.16 Å². The standard InChI is InChI=1S/C13H17N3O3S/c1-14-10(12(17)18)5-6-20-13-15-9-4-3-8(19-2)7-11(9)16-13/h3-4,7,10,14H,5-6H2,1-2H3,(H,15,16)(H,17,18). The minimum atomic E-state index is -0.831. The van der Waals surface area contributed by atoms with E-state index in [-0.39, 0.29) is 0 Å². The zero-order chi connectivity index (χ0) is 14.5. The number of carboxylic acid groups (broad SMARTS) is 1. The van der Waals surface area contributed by atoms with Crippen LogP contribution >= 0.6 is 11.8 Å². The fourth-order valence-electron chi connectivity index (χ4n) is 1.83. The molecule has 0 amide bonds. The van der Waals surface area contributed by atoms with Gasteiger partial charge in [0.25, 0.3) is 0 Å². The molecule has 1 unspecified atom stereocenters. The van der Waals surface area contributed by atoms with Gasteiger partial charge in [-0.05, 0) is 25.6 Å². The Hall–Kier alpha value is -1.73. The van der Waals surface area contributed by atoms with Crippen molar-refractivity contribution >= 4 is 28.8 Å². The van der Waals surface area contributed by atoms with Gasteiger partial charge in [-0.25, -0.2) is 4.98 Å². The molecule has 0 radical (unpaired) electrons.